The lowest BCUT2D eigenvalue weighted by Gasteiger charge is -2.32. The van der Waals surface area contributed by atoms with Crippen LogP contribution in [0.4, 0.5) is 0 Å². The first-order chi connectivity index (χ1) is 9.72. The van der Waals surface area contributed by atoms with E-state index in [-0.39, 0.29) is 12.0 Å². The number of carbonyl (C=O) groups is 1. The summed E-state index contributed by atoms with van der Waals surface area (Å²) in [6, 6.07) is 0. The molecule has 0 saturated carbocycles. The van der Waals surface area contributed by atoms with Crippen LogP contribution in [-0.4, -0.2) is 45.3 Å². The highest BCUT2D eigenvalue weighted by Gasteiger charge is 2.26. The number of aryl methyl sites for hydroxylation is 1. The Bertz CT molecular complexity index is 581. The van der Waals surface area contributed by atoms with Gasteiger partial charge in [0.2, 0.25) is 5.91 Å². The van der Waals surface area contributed by atoms with Crippen LogP contribution in [0.1, 0.15) is 16.5 Å². The van der Waals surface area contributed by atoms with Gasteiger partial charge in [-0.25, -0.2) is 0 Å². The SMILES string of the molecule is Cn1cc(C2CN(C(=O)Cc3cncs3)CCO2)cn1. The van der Waals surface area contributed by atoms with Crippen molar-refractivity contribution in [2.45, 2.75) is 12.5 Å². The Kier molecular flexibility index (Phi) is 3.79. The molecule has 0 radical (unpaired) electrons. The van der Waals surface area contributed by atoms with Crippen LogP contribution in [-0.2, 0) is 23.0 Å². The van der Waals surface area contributed by atoms with Crippen LogP contribution in [0, 0.1) is 0 Å². The van der Waals surface area contributed by atoms with Crippen molar-refractivity contribution in [1.29, 1.82) is 0 Å². The number of ether oxygens (including phenoxy) is 1. The van der Waals surface area contributed by atoms with Crippen LogP contribution in [0.3, 0.4) is 0 Å². The fourth-order valence-electron chi connectivity index (χ4n) is 2.27. The van der Waals surface area contributed by atoms with Gasteiger partial charge < -0.3 is 9.64 Å². The number of rotatable bonds is 3. The third-order valence-electron chi connectivity index (χ3n) is 3.32. The number of hydrogen-bond acceptors (Lipinski definition) is 5. The van der Waals surface area contributed by atoms with Crippen LogP contribution in [0.15, 0.2) is 24.1 Å². The average Bonchev–Trinajstić information content (AvgIpc) is 3.10. The third-order valence-corrected chi connectivity index (χ3v) is 4.10. The number of carbonyl (C=O) groups excluding carboxylic acids is 1. The molecule has 1 fully saturated rings. The predicted molar refractivity (Wildman–Crippen MR) is 74.3 cm³/mol. The highest BCUT2D eigenvalue weighted by molar-refractivity contribution is 7.09. The van der Waals surface area contributed by atoms with E-state index in [0.29, 0.717) is 26.1 Å². The van der Waals surface area contributed by atoms with E-state index in [1.54, 1.807) is 22.6 Å². The highest BCUT2D eigenvalue weighted by atomic mass is 32.1. The fourth-order valence-corrected chi connectivity index (χ4v) is 2.86. The minimum absolute atomic E-state index is 0.0807. The summed E-state index contributed by atoms with van der Waals surface area (Å²) in [6.45, 7) is 1.80. The molecule has 3 heterocycles. The molecule has 20 heavy (non-hydrogen) atoms. The van der Waals surface area contributed by atoms with E-state index in [4.69, 9.17) is 4.74 Å². The van der Waals surface area contributed by atoms with Crippen LogP contribution < -0.4 is 0 Å². The maximum atomic E-state index is 12.3. The Hall–Kier alpha value is -1.73. The van der Waals surface area contributed by atoms with Crippen molar-refractivity contribution in [2.75, 3.05) is 19.7 Å². The quantitative estimate of drug-likeness (QED) is 0.847. The maximum absolute atomic E-state index is 12.3. The summed E-state index contributed by atoms with van der Waals surface area (Å²) >= 11 is 1.51. The molecule has 2 aromatic heterocycles. The van der Waals surface area contributed by atoms with Gasteiger partial charge in [-0.2, -0.15) is 5.10 Å². The summed E-state index contributed by atoms with van der Waals surface area (Å²) in [7, 11) is 1.87. The molecule has 0 N–H and O–H groups in total. The molecular weight excluding hydrogens is 276 g/mol. The predicted octanol–water partition coefficient (Wildman–Crippen LogP) is 1.02. The van der Waals surface area contributed by atoms with Gasteiger partial charge in [0.1, 0.15) is 6.10 Å². The van der Waals surface area contributed by atoms with E-state index in [1.807, 2.05) is 18.1 Å². The molecule has 0 spiro atoms. The Morgan fingerprint density at radius 1 is 1.55 bits per heavy atom. The Labute approximate surface area is 121 Å². The Morgan fingerprint density at radius 3 is 3.15 bits per heavy atom. The van der Waals surface area contributed by atoms with Gasteiger partial charge in [0.25, 0.3) is 0 Å². The monoisotopic (exact) mass is 292 g/mol. The topological polar surface area (TPSA) is 60.2 Å². The molecule has 1 amide bonds. The first-order valence-corrected chi connectivity index (χ1v) is 7.35. The van der Waals surface area contributed by atoms with Crippen LogP contribution in [0.5, 0.6) is 0 Å². The second kappa shape index (κ2) is 5.72. The zero-order chi connectivity index (χ0) is 13.9. The molecule has 3 rings (SSSR count). The second-order valence-electron chi connectivity index (χ2n) is 4.79. The molecule has 2 aromatic rings. The van der Waals surface area contributed by atoms with E-state index in [9.17, 15) is 4.79 Å². The largest absolute Gasteiger partial charge is 0.370 e. The van der Waals surface area contributed by atoms with E-state index < -0.39 is 0 Å². The molecule has 1 aliphatic heterocycles. The minimum Gasteiger partial charge on any atom is -0.370 e. The molecule has 1 unspecified atom stereocenters. The lowest BCUT2D eigenvalue weighted by atomic mass is 10.1. The minimum atomic E-state index is -0.0807. The van der Waals surface area contributed by atoms with Crippen molar-refractivity contribution in [3.05, 3.63) is 34.5 Å². The maximum Gasteiger partial charge on any atom is 0.228 e. The number of amides is 1. The number of nitrogens with zero attached hydrogens (tertiary/aromatic N) is 4. The third kappa shape index (κ3) is 2.88. The molecule has 1 aliphatic rings. The number of aromatic nitrogens is 3. The lowest BCUT2D eigenvalue weighted by Crippen LogP contribution is -2.42. The van der Waals surface area contributed by atoms with Crippen molar-refractivity contribution < 1.29 is 9.53 Å². The molecule has 1 atom stereocenters. The van der Waals surface area contributed by atoms with E-state index >= 15 is 0 Å². The van der Waals surface area contributed by atoms with Gasteiger partial charge in [0.05, 0.1) is 31.3 Å². The summed E-state index contributed by atoms with van der Waals surface area (Å²) in [5, 5.41) is 4.15. The van der Waals surface area contributed by atoms with Gasteiger partial charge in [0.15, 0.2) is 0 Å². The van der Waals surface area contributed by atoms with Crippen molar-refractivity contribution in [2.24, 2.45) is 7.05 Å². The first kappa shape index (κ1) is 13.3. The zero-order valence-electron chi connectivity index (χ0n) is 11.2. The van der Waals surface area contributed by atoms with Gasteiger partial charge in [0, 0.05) is 36.4 Å². The van der Waals surface area contributed by atoms with Gasteiger partial charge in [-0.3, -0.25) is 14.5 Å². The highest BCUT2D eigenvalue weighted by Crippen LogP contribution is 2.22. The Balaban J connectivity index is 1.64. The molecule has 1 saturated heterocycles. The number of thiazole rings is 1. The summed E-state index contributed by atoms with van der Waals surface area (Å²) in [5.41, 5.74) is 2.77. The second-order valence-corrected chi connectivity index (χ2v) is 5.76. The van der Waals surface area contributed by atoms with Crippen LogP contribution in [0.25, 0.3) is 0 Å². The fraction of sp³-hybridized carbons (Fsp3) is 0.462. The van der Waals surface area contributed by atoms with Gasteiger partial charge in [-0.15, -0.1) is 11.3 Å². The molecule has 0 aliphatic carbocycles. The van der Waals surface area contributed by atoms with Gasteiger partial charge in [-0.1, -0.05) is 0 Å². The summed E-state index contributed by atoms with van der Waals surface area (Å²) in [6.07, 6.45) is 5.82. The molecule has 7 heteroatoms. The van der Waals surface area contributed by atoms with Crippen molar-refractivity contribution in [3.8, 4) is 0 Å². The molecule has 106 valence electrons. The normalized spacial score (nSPS) is 19.2. The van der Waals surface area contributed by atoms with Crippen LogP contribution in [0.2, 0.25) is 0 Å². The average molecular weight is 292 g/mol. The smallest absolute Gasteiger partial charge is 0.228 e. The van der Waals surface area contributed by atoms with Crippen molar-refractivity contribution >= 4 is 17.2 Å². The van der Waals surface area contributed by atoms with Gasteiger partial charge >= 0.3 is 0 Å². The van der Waals surface area contributed by atoms with Crippen molar-refractivity contribution in [3.63, 3.8) is 0 Å². The molecule has 0 bridgehead atoms. The van der Waals surface area contributed by atoms with Crippen molar-refractivity contribution in [1.82, 2.24) is 19.7 Å². The first-order valence-electron chi connectivity index (χ1n) is 6.47. The van der Waals surface area contributed by atoms with E-state index in [0.717, 1.165) is 10.4 Å². The van der Waals surface area contributed by atoms with Crippen LogP contribution >= 0.6 is 11.3 Å². The summed E-state index contributed by atoms with van der Waals surface area (Å²) < 4.78 is 7.48. The zero-order valence-corrected chi connectivity index (χ0v) is 12.0. The summed E-state index contributed by atoms with van der Waals surface area (Å²) in [4.78, 5) is 19.1. The lowest BCUT2D eigenvalue weighted by molar-refractivity contribution is -0.138. The standard InChI is InChI=1S/C13H16N4O2S/c1-16-7-10(5-15-16)12-8-17(2-3-19-12)13(18)4-11-6-14-9-20-11/h5-7,9,12H,2-4,8H2,1H3. The van der Waals surface area contributed by atoms with Gasteiger partial charge in [-0.05, 0) is 0 Å². The van der Waals surface area contributed by atoms with E-state index in [1.165, 1.54) is 11.3 Å². The Morgan fingerprint density at radius 2 is 2.45 bits per heavy atom. The summed E-state index contributed by atoms with van der Waals surface area (Å²) in [5.74, 6) is 0.131. The molecule has 6 nitrogen and oxygen atoms in total. The molecule has 0 aromatic carbocycles. The van der Waals surface area contributed by atoms with E-state index in [2.05, 4.69) is 10.1 Å². The molecular formula is C13H16N4O2S. The number of morpholine rings is 1. The number of hydrogen-bond donors (Lipinski definition) is 0.